The average molecular weight is 275 g/mol. The Morgan fingerprint density at radius 3 is 2.75 bits per heavy atom. The van der Waals surface area contributed by atoms with Crippen molar-refractivity contribution >= 4 is 11.8 Å². The van der Waals surface area contributed by atoms with Crippen LogP contribution in [0.15, 0.2) is 12.4 Å². The van der Waals surface area contributed by atoms with Crippen LogP contribution in [0.5, 0.6) is 0 Å². The van der Waals surface area contributed by atoms with Crippen molar-refractivity contribution in [3.63, 3.8) is 0 Å². The molecule has 0 saturated heterocycles. The number of rotatable bonds is 4. The Labute approximate surface area is 119 Å². The van der Waals surface area contributed by atoms with Crippen molar-refractivity contribution in [1.29, 1.82) is 0 Å². The number of hydrogen-bond acceptors (Lipinski definition) is 5. The molecule has 1 N–H and O–H groups in total. The van der Waals surface area contributed by atoms with Crippen LogP contribution in [0.3, 0.4) is 0 Å². The van der Waals surface area contributed by atoms with Crippen molar-refractivity contribution < 1.29 is 9.53 Å². The minimum atomic E-state index is -0.454. The van der Waals surface area contributed by atoms with Gasteiger partial charge in [-0.2, -0.15) is 0 Å². The van der Waals surface area contributed by atoms with Crippen LogP contribution < -0.4 is 5.32 Å². The summed E-state index contributed by atoms with van der Waals surface area (Å²) in [5, 5.41) is 3.43. The lowest BCUT2D eigenvalue weighted by molar-refractivity contribution is 0.0593. The highest BCUT2D eigenvalue weighted by molar-refractivity contribution is 5.86. The van der Waals surface area contributed by atoms with E-state index in [9.17, 15) is 4.79 Å². The zero-order chi connectivity index (χ0) is 14.1. The SMILES string of the molecule is COC(=O)c1cnc(NC(C)C2CC3CCC2C3)cn1. The number of nitrogens with one attached hydrogen (secondary N) is 1. The highest BCUT2D eigenvalue weighted by Crippen LogP contribution is 2.49. The molecule has 0 aromatic carbocycles. The second kappa shape index (κ2) is 5.38. The van der Waals surface area contributed by atoms with E-state index < -0.39 is 5.97 Å². The molecule has 1 aromatic rings. The number of hydrogen-bond donors (Lipinski definition) is 1. The monoisotopic (exact) mass is 275 g/mol. The Morgan fingerprint density at radius 1 is 1.35 bits per heavy atom. The van der Waals surface area contributed by atoms with E-state index in [4.69, 9.17) is 0 Å². The fourth-order valence-electron chi connectivity index (χ4n) is 3.86. The molecule has 2 fully saturated rings. The summed E-state index contributed by atoms with van der Waals surface area (Å²) in [6.45, 7) is 2.22. The Bertz CT molecular complexity index is 488. The maximum Gasteiger partial charge on any atom is 0.358 e. The van der Waals surface area contributed by atoms with Gasteiger partial charge in [0.05, 0.1) is 19.5 Å². The molecule has 2 saturated carbocycles. The molecule has 0 radical (unpaired) electrons. The molecule has 2 bridgehead atoms. The predicted molar refractivity (Wildman–Crippen MR) is 75.4 cm³/mol. The maximum absolute atomic E-state index is 11.3. The number of nitrogens with zero attached hydrogens (tertiary/aromatic N) is 2. The van der Waals surface area contributed by atoms with E-state index in [2.05, 4.69) is 26.9 Å². The van der Waals surface area contributed by atoms with Gasteiger partial charge >= 0.3 is 5.97 Å². The minimum absolute atomic E-state index is 0.241. The van der Waals surface area contributed by atoms with Gasteiger partial charge in [0.15, 0.2) is 5.69 Å². The summed E-state index contributed by atoms with van der Waals surface area (Å²) < 4.78 is 4.61. The lowest BCUT2D eigenvalue weighted by Crippen LogP contribution is -2.30. The van der Waals surface area contributed by atoms with Crippen LogP contribution >= 0.6 is 0 Å². The molecule has 0 spiro atoms. The predicted octanol–water partition coefficient (Wildman–Crippen LogP) is 2.50. The number of anilines is 1. The topological polar surface area (TPSA) is 64.1 Å². The number of aromatic nitrogens is 2. The summed E-state index contributed by atoms with van der Waals surface area (Å²) in [5.74, 6) is 2.85. The molecule has 4 unspecified atom stereocenters. The number of carbonyl (C=O) groups is 1. The number of esters is 1. The zero-order valence-corrected chi connectivity index (χ0v) is 12.0. The van der Waals surface area contributed by atoms with Crippen LogP contribution in [0, 0.1) is 17.8 Å². The molecule has 2 aliphatic rings. The van der Waals surface area contributed by atoms with Crippen LogP contribution in [-0.2, 0) is 4.74 Å². The van der Waals surface area contributed by atoms with Gasteiger partial charge in [-0.15, -0.1) is 0 Å². The molecular weight excluding hydrogens is 254 g/mol. The van der Waals surface area contributed by atoms with Crippen LogP contribution in [-0.4, -0.2) is 29.1 Å². The summed E-state index contributed by atoms with van der Waals surface area (Å²) in [6, 6.07) is 0.406. The second-order valence-electron chi connectivity index (χ2n) is 6.05. The van der Waals surface area contributed by atoms with Gasteiger partial charge in [-0.3, -0.25) is 0 Å². The smallest absolute Gasteiger partial charge is 0.358 e. The van der Waals surface area contributed by atoms with E-state index in [0.717, 1.165) is 23.6 Å². The molecule has 20 heavy (non-hydrogen) atoms. The fourth-order valence-corrected chi connectivity index (χ4v) is 3.86. The summed E-state index contributed by atoms with van der Waals surface area (Å²) in [6.07, 6.45) is 8.61. The van der Waals surface area contributed by atoms with Gasteiger partial charge in [-0.1, -0.05) is 6.42 Å². The fraction of sp³-hybridized carbons (Fsp3) is 0.667. The van der Waals surface area contributed by atoms with E-state index in [-0.39, 0.29) is 5.69 Å². The second-order valence-corrected chi connectivity index (χ2v) is 6.05. The highest BCUT2D eigenvalue weighted by Gasteiger charge is 2.41. The van der Waals surface area contributed by atoms with E-state index in [1.807, 2.05) is 0 Å². The van der Waals surface area contributed by atoms with E-state index in [1.54, 1.807) is 6.20 Å². The van der Waals surface area contributed by atoms with Crippen LogP contribution in [0.25, 0.3) is 0 Å². The van der Waals surface area contributed by atoms with Crippen molar-refractivity contribution in [2.24, 2.45) is 17.8 Å². The van der Waals surface area contributed by atoms with Gasteiger partial charge in [0.25, 0.3) is 0 Å². The quantitative estimate of drug-likeness (QED) is 0.855. The van der Waals surface area contributed by atoms with Crippen molar-refractivity contribution in [2.45, 2.75) is 38.6 Å². The summed E-state index contributed by atoms with van der Waals surface area (Å²) in [4.78, 5) is 19.6. The Balaban J connectivity index is 1.61. The van der Waals surface area contributed by atoms with Gasteiger partial charge in [-0.05, 0) is 43.9 Å². The lowest BCUT2D eigenvalue weighted by atomic mass is 9.84. The Hall–Kier alpha value is -1.65. The molecular formula is C15H21N3O2. The number of methoxy groups -OCH3 is 1. The van der Waals surface area contributed by atoms with Gasteiger partial charge in [0.1, 0.15) is 5.82 Å². The van der Waals surface area contributed by atoms with E-state index >= 15 is 0 Å². The van der Waals surface area contributed by atoms with Crippen LogP contribution in [0.4, 0.5) is 5.82 Å². The molecule has 0 aliphatic heterocycles. The Kier molecular flexibility index (Phi) is 3.59. The van der Waals surface area contributed by atoms with Gasteiger partial charge in [0.2, 0.25) is 0 Å². The standard InChI is InChI=1S/C15H21N3O2/c1-9(12-6-10-3-4-11(12)5-10)18-14-8-16-13(7-17-14)15(19)20-2/h7-12H,3-6H2,1-2H3,(H,17,18). The number of fused-ring (bicyclic) bond motifs is 2. The first kappa shape index (κ1) is 13.3. The average Bonchev–Trinajstić information content (AvgIpc) is 3.10. The molecule has 1 aromatic heterocycles. The maximum atomic E-state index is 11.3. The van der Waals surface area contributed by atoms with Crippen LogP contribution in [0.2, 0.25) is 0 Å². The van der Waals surface area contributed by atoms with Gasteiger partial charge in [0, 0.05) is 6.04 Å². The minimum Gasteiger partial charge on any atom is -0.464 e. The summed E-state index contributed by atoms with van der Waals surface area (Å²) >= 11 is 0. The largest absolute Gasteiger partial charge is 0.464 e. The molecule has 4 atom stereocenters. The molecule has 5 heteroatoms. The van der Waals surface area contributed by atoms with Crippen molar-refractivity contribution in [1.82, 2.24) is 9.97 Å². The summed E-state index contributed by atoms with van der Waals surface area (Å²) in [5.41, 5.74) is 0.241. The first-order valence-corrected chi connectivity index (χ1v) is 7.34. The number of ether oxygens (including phenoxy) is 1. The van der Waals surface area contributed by atoms with E-state index in [0.29, 0.717) is 6.04 Å². The lowest BCUT2D eigenvalue weighted by Gasteiger charge is -2.28. The number of carbonyl (C=O) groups excluding carboxylic acids is 1. The molecule has 0 amide bonds. The highest BCUT2D eigenvalue weighted by atomic mass is 16.5. The van der Waals surface area contributed by atoms with Crippen molar-refractivity contribution in [2.75, 3.05) is 12.4 Å². The molecule has 5 nitrogen and oxygen atoms in total. The van der Waals surface area contributed by atoms with E-state index in [1.165, 1.54) is 39.0 Å². The first-order valence-electron chi connectivity index (χ1n) is 7.34. The third-order valence-corrected chi connectivity index (χ3v) is 4.86. The van der Waals surface area contributed by atoms with Crippen molar-refractivity contribution in [3.8, 4) is 0 Å². The third kappa shape index (κ3) is 2.49. The normalized spacial score (nSPS) is 29.2. The first-order chi connectivity index (χ1) is 9.67. The van der Waals surface area contributed by atoms with Gasteiger partial charge in [-0.25, -0.2) is 14.8 Å². The van der Waals surface area contributed by atoms with Gasteiger partial charge < -0.3 is 10.1 Å². The molecule has 108 valence electrons. The third-order valence-electron chi connectivity index (χ3n) is 4.86. The van der Waals surface area contributed by atoms with Crippen LogP contribution in [0.1, 0.15) is 43.1 Å². The Morgan fingerprint density at radius 2 is 2.20 bits per heavy atom. The molecule has 2 aliphatic carbocycles. The molecule has 3 rings (SSSR count). The van der Waals surface area contributed by atoms with Crippen molar-refractivity contribution in [3.05, 3.63) is 18.1 Å². The molecule has 1 heterocycles. The summed E-state index contributed by atoms with van der Waals surface area (Å²) in [7, 11) is 1.34. The zero-order valence-electron chi connectivity index (χ0n) is 12.0.